The highest BCUT2D eigenvalue weighted by molar-refractivity contribution is 6.30. The topological polar surface area (TPSA) is 130 Å². The smallest absolute Gasteiger partial charge is 0.431 e. The zero-order valence-electron chi connectivity index (χ0n) is 30.5. The van der Waals surface area contributed by atoms with Gasteiger partial charge in [0.05, 0.1) is 18.6 Å². The normalized spacial score (nSPS) is 14.9. The van der Waals surface area contributed by atoms with E-state index >= 15 is 4.39 Å². The molecule has 1 saturated heterocycles. The quantitative estimate of drug-likeness (QED) is 0.152. The number of likely N-dealkylation sites (tertiary alicyclic amines) is 1. The molecule has 1 aromatic heterocycles. The van der Waals surface area contributed by atoms with E-state index in [1.54, 1.807) is 39.2 Å². The van der Waals surface area contributed by atoms with Crippen LogP contribution < -0.4 is 16.2 Å². The van der Waals surface area contributed by atoms with Crippen LogP contribution in [0.2, 0.25) is 5.02 Å². The average Bonchev–Trinajstić information content (AvgIpc) is 3.02. The van der Waals surface area contributed by atoms with Crippen LogP contribution >= 0.6 is 11.6 Å². The molecule has 288 valence electrons. The second-order valence-electron chi connectivity index (χ2n) is 14.0. The number of carbonyl (C=O) groups excluding carboxylic acids is 2. The van der Waals surface area contributed by atoms with Gasteiger partial charge in [0, 0.05) is 43.9 Å². The second kappa shape index (κ2) is 17.3. The van der Waals surface area contributed by atoms with Crippen molar-refractivity contribution in [1.29, 1.82) is 0 Å². The first-order valence-corrected chi connectivity index (χ1v) is 17.6. The molecule has 53 heavy (non-hydrogen) atoms. The number of aromatic nitrogens is 1. The number of ether oxygens (including phenoxy) is 1. The van der Waals surface area contributed by atoms with Crippen molar-refractivity contribution in [3.63, 3.8) is 0 Å². The molecule has 0 unspecified atom stereocenters. The number of alkyl halides is 3. The predicted octanol–water partition coefficient (Wildman–Crippen LogP) is 6.45. The Labute approximate surface area is 310 Å². The van der Waals surface area contributed by atoms with Gasteiger partial charge in [-0.25, -0.2) is 4.39 Å². The first-order valence-electron chi connectivity index (χ1n) is 17.3. The number of amides is 2. The molecule has 0 radical (unpaired) electrons. The fourth-order valence-electron chi connectivity index (χ4n) is 6.71. The molecular weight excluding hydrogens is 720 g/mol. The van der Waals surface area contributed by atoms with Crippen molar-refractivity contribution in [1.82, 2.24) is 20.1 Å². The maximum Gasteiger partial charge on any atom is 0.431 e. The van der Waals surface area contributed by atoms with E-state index in [9.17, 15) is 37.5 Å². The van der Waals surface area contributed by atoms with E-state index in [0.717, 1.165) is 22.8 Å². The molecule has 0 saturated carbocycles. The third kappa shape index (κ3) is 10.2. The lowest BCUT2D eigenvalue weighted by Crippen LogP contribution is -2.52. The van der Waals surface area contributed by atoms with Crippen LogP contribution in [0.25, 0.3) is 11.1 Å². The molecule has 0 spiro atoms. The number of benzene rings is 2. The number of aliphatic carboxylic acids is 1. The number of methoxy groups -OCH3 is 1. The Hall–Kier alpha value is -4.27. The van der Waals surface area contributed by atoms with Gasteiger partial charge in [0.15, 0.2) is 0 Å². The molecule has 2 amide bonds. The van der Waals surface area contributed by atoms with E-state index in [4.69, 9.17) is 16.3 Å². The van der Waals surface area contributed by atoms with Gasteiger partial charge < -0.3 is 25.0 Å². The average molecular weight is 765 g/mol. The van der Waals surface area contributed by atoms with Crippen molar-refractivity contribution in [3.05, 3.63) is 91.1 Å². The third-order valence-electron chi connectivity index (χ3n) is 9.29. The molecule has 1 aliphatic heterocycles. The second-order valence-corrected chi connectivity index (χ2v) is 14.4. The molecule has 2 heterocycles. The van der Waals surface area contributed by atoms with E-state index in [-0.39, 0.29) is 42.5 Å². The van der Waals surface area contributed by atoms with Crippen molar-refractivity contribution < 1.29 is 41.8 Å². The minimum absolute atomic E-state index is 0.00913. The van der Waals surface area contributed by atoms with Crippen molar-refractivity contribution >= 4 is 29.4 Å². The summed E-state index contributed by atoms with van der Waals surface area (Å²) in [6.07, 6.45) is -5.33. The van der Waals surface area contributed by atoms with Crippen LogP contribution in [0.5, 0.6) is 0 Å². The lowest BCUT2D eigenvalue weighted by atomic mass is 9.90. The van der Waals surface area contributed by atoms with Gasteiger partial charge in [0.2, 0.25) is 5.91 Å². The molecule has 1 fully saturated rings. The van der Waals surface area contributed by atoms with Crippen LogP contribution in [0, 0.1) is 32.5 Å². The molecule has 0 aliphatic carbocycles. The van der Waals surface area contributed by atoms with Gasteiger partial charge >= 0.3 is 12.1 Å². The summed E-state index contributed by atoms with van der Waals surface area (Å²) < 4.78 is 63.4. The number of nitrogens with zero attached hydrogens (tertiary/aromatic N) is 2. The Bertz CT molecular complexity index is 1890. The van der Waals surface area contributed by atoms with Gasteiger partial charge in [-0.1, -0.05) is 25.4 Å². The molecule has 2 aromatic carbocycles. The number of carboxylic acid groups (broad SMARTS) is 1. The third-order valence-corrected chi connectivity index (χ3v) is 9.51. The van der Waals surface area contributed by atoms with Gasteiger partial charge in [0.1, 0.15) is 23.1 Å². The molecule has 2 atom stereocenters. The van der Waals surface area contributed by atoms with Gasteiger partial charge in [-0.3, -0.25) is 24.1 Å². The van der Waals surface area contributed by atoms with Crippen LogP contribution in [0.1, 0.15) is 77.5 Å². The summed E-state index contributed by atoms with van der Waals surface area (Å²) in [6, 6.07) is 5.26. The SMILES string of the molecule is COC1CN(CCCn2c(C(F)(F)F)ccc(C(=O)N[C@@H](CC(C)C)C(=O)N[C@@H](CC(=O)O)c3cc(-c4c(C)cc(Cl)cc4C)cc(C)c3F)c2=O)C1. The van der Waals surface area contributed by atoms with Crippen LogP contribution in [0.4, 0.5) is 17.6 Å². The number of carbonyl (C=O) groups is 3. The number of aryl methyl sites for hydroxylation is 3. The molecular formula is C38H45ClF4N4O6. The van der Waals surface area contributed by atoms with E-state index < -0.39 is 65.1 Å². The van der Waals surface area contributed by atoms with Crippen molar-refractivity contribution in [2.24, 2.45) is 5.92 Å². The fraction of sp³-hybridized carbons (Fsp3) is 0.474. The Morgan fingerprint density at radius 2 is 1.64 bits per heavy atom. The van der Waals surface area contributed by atoms with Gasteiger partial charge in [-0.2, -0.15) is 13.2 Å². The Kier molecular flexibility index (Phi) is 13.5. The molecule has 10 nitrogen and oxygen atoms in total. The molecule has 3 N–H and O–H groups in total. The van der Waals surface area contributed by atoms with Gasteiger partial charge in [-0.15, -0.1) is 0 Å². The highest BCUT2D eigenvalue weighted by Gasteiger charge is 2.36. The van der Waals surface area contributed by atoms with Gasteiger partial charge in [-0.05, 0) is 104 Å². The predicted molar refractivity (Wildman–Crippen MR) is 192 cm³/mol. The number of pyridine rings is 1. The molecule has 3 aromatic rings. The van der Waals surface area contributed by atoms with Crippen molar-refractivity contribution in [2.45, 2.75) is 84.8 Å². The summed E-state index contributed by atoms with van der Waals surface area (Å²) in [5.41, 5.74) is 0.0310. The number of carboxylic acids is 1. The number of halogens is 5. The summed E-state index contributed by atoms with van der Waals surface area (Å²) in [6.45, 7) is 10.0. The van der Waals surface area contributed by atoms with Crippen molar-refractivity contribution in [2.75, 3.05) is 26.7 Å². The summed E-state index contributed by atoms with van der Waals surface area (Å²) in [7, 11) is 1.57. The maximum atomic E-state index is 15.8. The monoisotopic (exact) mass is 764 g/mol. The highest BCUT2D eigenvalue weighted by Crippen LogP contribution is 2.35. The van der Waals surface area contributed by atoms with Crippen LogP contribution in [0.3, 0.4) is 0 Å². The number of nitrogens with one attached hydrogen (secondary N) is 2. The summed E-state index contributed by atoms with van der Waals surface area (Å²) in [4.78, 5) is 54.8. The van der Waals surface area contributed by atoms with Crippen molar-refractivity contribution in [3.8, 4) is 11.1 Å². The van der Waals surface area contributed by atoms with Crippen LogP contribution in [-0.2, 0) is 27.0 Å². The highest BCUT2D eigenvalue weighted by atomic mass is 35.5. The van der Waals surface area contributed by atoms with E-state index in [1.807, 2.05) is 18.7 Å². The summed E-state index contributed by atoms with van der Waals surface area (Å²) >= 11 is 6.22. The summed E-state index contributed by atoms with van der Waals surface area (Å²) in [5, 5.41) is 15.3. The standard InChI is InChI=1S/C38H45ClF4N4O6/c1-20(2)12-30(45-35(50)27-8-9-31(38(41,42)43)47(37(27)52)11-7-10-46-18-26(19-46)53-6)36(51)44-29(17-32(48)49)28-16-24(13-23(5)34(28)40)33-21(3)14-25(39)15-22(33)4/h8-9,13-16,20,26,29-30H,7,10-12,17-19H2,1-6H3,(H,44,51)(H,45,50)(H,48,49)/t29-,30-/m0/s1. The molecule has 1 aliphatic rings. The molecule has 0 bridgehead atoms. The lowest BCUT2D eigenvalue weighted by molar-refractivity contribution is -0.144. The minimum atomic E-state index is -4.87. The van der Waals surface area contributed by atoms with Gasteiger partial charge in [0.25, 0.3) is 11.5 Å². The zero-order valence-corrected chi connectivity index (χ0v) is 31.3. The van der Waals surface area contributed by atoms with Crippen LogP contribution in [0.15, 0.2) is 41.2 Å². The fourth-order valence-corrected chi connectivity index (χ4v) is 7.04. The maximum absolute atomic E-state index is 15.8. The Morgan fingerprint density at radius 3 is 2.21 bits per heavy atom. The number of hydrogen-bond donors (Lipinski definition) is 3. The number of hydrogen-bond acceptors (Lipinski definition) is 6. The zero-order chi connectivity index (χ0) is 39.4. The lowest BCUT2D eigenvalue weighted by Gasteiger charge is -2.38. The van der Waals surface area contributed by atoms with Crippen LogP contribution in [-0.4, -0.2) is 71.2 Å². The minimum Gasteiger partial charge on any atom is -0.481 e. The largest absolute Gasteiger partial charge is 0.481 e. The molecule has 4 rings (SSSR count). The van der Waals surface area contributed by atoms with E-state index in [0.29, 0.717) is 40.9 Å². The van der Waals surface area contributed by atoms with E-state index in [1.165, 1.54) is 13.0 Å². The first kappa shape index (κ1) is 41.5. The Balaban J connectivity index is 1.63. The number of rotatable bonds is 15. The Morgan fingerprint density at radius 1 is 1.00 bits per heavy atom. The first-order chi connectivity index (χ1) is 24.8. The summed E-state index contributed by atoms with van der Waals surface area (Å²) in [5.74, 6) is -4.23. The molecule has 15 heteroatoms. The van der Waals surface area contributed by atoms with E-state index in [2.05, 4.69) is 10.6 Å².